The van der Waals surface area contributed by atoms with Gasteiger partial charge in [0.25, 0.3) is 11.8 Å². The number of nitrogens with zero attached hydrogens (tertiary/aromatic N) is 4. The van der Waals surface area contributed by atoms with E-state index in [0.29, 0.717) is 16.8 Å². The Morgan fingerprint density at radius 1 is 0.966 bits per heavy atom. The zero-order chi connectivity index (χ0) is 20.5. The maximum absolute atomic E-state index is 13.0. The Bertz CT molecular complexity index is 1040. The van der Waals surface area contributed by atoms with Crippen LogP contribution < -0.4 is 5.32 Å². The van der Waals surface area contributed by atoms with E-state index in [1.165, 1.54) is 6.33 Å². The lowest BCUT2D eigenvalue weighted by molar-refractivity contribution is -0.121. The maximum Gasteiger partial charge on any atom is 0.262 e. The molecule has 1 N–H and O–H groups in total. The summed E-state index contributed by atoms with van der Waals surface area (Å²) < 4.78 is 1.60. The number of hydrogen-bond donors (Lipinski definition) is 1. The van der Waals surface area contributed by atoms with Gasteiger partial charge in [0, 0.05) is 5.69 Å². The molecular formula is C21H19N5O3. The summed E-state index contributed by atoms with van der Waals surface area (Å²) in [6, 6.07) is 12.7. The molecule has 2 heterocycles. The van der Waals surface area contributed by atoms with Gasteiger partial charge in [0.1, 0.15) is 18.7 Å². The minimum atomic E-state index is -0.919. The monoisotopic (exact) mass is 389 g/mol. The molecule has 1 aliphatic heterocycles. The first-order chi connectivity index (χ1) is 14.0. The minimum Gasteiger partial charge on any atom is -0.324 e. The molecule has 146 valence electrons. The van der Waals surface area contributed by atoms with Crippen LogP contribution >= 0.6 is 0 Å². The fourth-order valence-corrected chi connectivity index (χ4v) is 3.43. The number of amides is 3. The van der Waals surface area contributed by atoms with E-state index in [-0.39, 0.29) is 5.92 Å². The molecule has 0 saturated heterocycles. The molecular weight excluding hydrogens is 370 g/mol. The molecule has 3 aromatic rings. The largest absolute Gasteiger partial charge is 0.324 e. The molecule has 3 amide bonds. The summed E-state index contributed by atoms with van der Waals surface area (Å²) in [5.41, 5.74) is 2.00. The van der Waals surface area contributed by atoms with Crippen LogP contribution in [0.2, 0.25) is 0 Å². The number of hydrogen-bond acceptors (Lipinski definition) is 5. The predicted molar refractivity (Wildman–Crippen MR) is 106 cm³/mol. The topological polar surface area (TPSA) is 97.2 Å². The van der Waals surface area contributed by atoms with E-state index in [1.54, 1.807) is 59.5 Å². The number of carbonyl (C=O) groups is 3. The van der Waals surface area contributed by atoms with Crippen LogP contribution in [-0.2, 0) is 4.79 Å². The lowest BCUT2D eigenvalue weighted by Crippen LogP contribution is -2.50. The summed E-state index contributed by atoms with van der Waals surface area (Å²) in [5.74, 6) is -1.56. The third kappa shape index (κ3) is 3.29. The molecule has 0 spiro atoms. The molecule has 2 aromatic carbocycles. The fourth-order valence-electron chi connectivity index (χ4n) is 3.43. The van der Waals surface area contributed by atoms with Crippen LogP contribution in [0.1, 0.15) is 34.6 Å². The highest BCUT2D eigenvalue weighted by Gasteiger charge is 2.43. The van der Waals surface area contributed by atoms with E-state index in [0.717, 1.165) is 10.6 Å². The van der Waals surface area contributed by atoms with Crippen LogP contribution in [0.4, 0.5) is 5.69 Å². The van der Waals surface area contributed by atoms with Gasteiger partial charge in [-0.2, -0.15) is 5.10 Å². The van der Waals surface area contributed by atoms with E-state index < -0.39 is 23.8 Å². The number of benzene rings is 2. The fraction of sp³-hybridized carbons (Fsp3) is 0.190. The molecule has 29 heavy (non-hydrogen) atoms. The SMILES string of the molecule is CC(C)C(C(=O)Nc1ccc(-n2cncn2)cc1)N1C(=O)c2ccccc2C1=O. The van der Waals surface area contributed by atoms with Gasteiger partial charge in [-0.3, -0.25) is 19.3 Å². The van der Waals surface area contributed by atoms with Crippen molar-refractivity contribution in [1.82, 2.24) is 19.7 Å². The van der Waals surface area contributed by atoms with Gasteiger partial charge < -0.3 is 5.32 Å². The average molecular weight is 389 g/mol. The first kappa shape index (κ1) is 18.5. The summed E-state index contributed by atoms with van der Waals surface area (Å²) in [5, 5.41) is 6.86. The van der Waals surface area contributed by atoms with Crippen molar-refractivity contribution >= 4 is 23.4 Å². The second-order valence-corrected chi connectivity index (χ2v) is 7.09. The lowest BCUT2D eigenvalue weighted by Gasteiger charge is -2.28. The van der Waals surface area contributed by atoms with Gasteiger partial charge >= 0.3 is 0 Å². The third-order valence-corrected chi connectivity index (χ3v) is 4.82. The molecule has 1 atom stereocenters. The van der Waals surface area contributed by atoms with Crippen molar-refractivity contribution in [3.63, 3.8) is 0 Å². The quantitative estimate of drug-likeness (QED) is 0.677. The van der Waals surface area contributed by atoms with Gasteiger partial charge in [0.2, 0.25) is 5.91 Å². The third-order valence-electron chi connectivity index (χ3n) is 4.82. The number of imide groups is 1. The van der Waals surface area contributed by atoms with Gasteiger partial charge in [-0.15, -0.1) is 0 Å². The predicted octanol–water partition coefficient (Wildman–Crippen LogP) is 2.53. The smallest absolute Gasteiger partial charge is 0.262 e. The van der Waals surface area contributed by atoms with Crippen LogP contribution in [0.15, 0.2) is 61.2 Å². The van der Waals surface area contributed by atoms with Crippen LogP contribution in [0, 0.1) is 5.92 Å². The van der Waals surface area contributed by atoms with E-state index in [9.17, 15) is 14.4 Å². The van der Waals surface area contributed by atoms with E-state index in [1.807, 2.05) is 13.8 Å². The molecule has 0 fully saturated rings. The zero-order valence-corrected chi connectivity index (χ0v) is 15.9. The molecule has 8 nitrogen and oxygen atoms in total. The first-order valence-electron chi connectivity index (χ1n) is 9.20. The Hall–Kier alpha value is -3.81. The maximum atomic E-state index is 13.0. The second-order valence-electron chi connectivity index (χ2n) is 7.09. The summed E-state index contributed by atoms with van der Waals surface area (Å²) in [6.07, 6.45) is 3.01. The van der Waals surface area contributed by atoms with Crippen molar-refractivity contribution < 1.29 is 14.4 Å². The minimum absolute atomic E-state index is 0.258. The van der Waals surface area contributed by atoms with Crippen molar-refractivity contribution in [2.75, 3.05) is 5.32 Å². The number of rotatable bonds is 5. The number of anilines is 1. The summed E-state index contributed by atoms with van der Waals surface area (Å²) in [6.45, 7) is 3.61. The molecule has 1 unspecified atom stereocenters. The molecule has 8 heteroatoms. The summed E-state index contributed by atoms with van der Waals surface area (Å²) >= 11 is 0. The van der Waals surface area contributed by atoms with Gasteiger partial charge in [-0.1, -0.05) is 26.0 Å². The first-order valence-corrected chi connectivity index (χ1v) is 9.20. The molecule has 4 rings (SSSR count). The van der Waals surface area contributed by atoms with Crippen molar-refractivity contribution in [1.29, 1.82) is 0 Å². The highest BCUT2D eigenvalue weighted by Crippen LogP contribution is 2.28. The van der Waals surface area contributed by atoms with E-state index in [4.69, 9.17) is 0 Å². The van der Waals surface area contributed by atoms with Crippen molar-refractivity contribution in [3.8, 4) is 5.69 Å². The van der Waals surface area contributed by atoms with Crippen LogP contribution in [-0.4, -0.2) is 43.4 Å². The van der Waals surface area contributed by atoms with Crippen molar-refractivity contribution in [2.24, 2.45) is 5.92 Å². The van der Waals surface area contributed by atoms with Crippen LogP contribution in [0.25, 0.3) is 5.69 Å². The Balaban J connectivity index is 1.56. The Kier molecular flexibility index (Phi) is 4.67. The second kappa shape index (κ2) is 7.31. The van der Waals surface area contributed by atoms with Gasteiger partial charge in [0.05, 0.1) is 16.8 Å². The Labute approximate surface area is 167 Å². The number of aromatic nitrogens is 3. The number of fused-ring (bicyclic) bond motifs is 1. The van der Waals surface area contributed by atoms with Crippen molar-refractivity contribution in [3.05, 3.63) is 72.3 Å². The van der Waals surface area contributed by atoms with Gasteiger partial charge in [-0.25, -0.2) is 9.67 Å². The number of nitrogens with one attached hydrogen (secondary N) is 1. The molecule has 0 aliphatic carbocycles. The molecule has 0 saturated carbocycles. The van der Waals surface area contributed by atoms with E-state index >= 15 is 0 Å². The Morgan fingerprint density at radius 3 is 2.10 bits per heavy atom. The highest BCUT2D eigenvalue weighted by molar-refractivity contribution is 6.23. The van der Waals surface area contributed by atoms with Crippen LogP contribution in [0.5, 0.6) is 0 Å². The molecule has 1 aromatic heterocycles. The van der Waals surface area contributed by atoms with Crippen molar-refractivity contribution in [2.45, 2.75) is 19.9 Å². The van der Waals surface area contributed by atoms with E-state index in [2.05, 4.69) is 15.4 Å². The molecule has 0 bridgehead atoms. The normalized spacial score (nSPS) is 14.2. The van der Waals surface area contributed by atoms with Gasteiger partial charge in [-0.05, 0) is 42.3 Å². The lowest BCUT2D eigenvalue weighted by atomic mass is 10.0. The summed E-state index contributed by atoms with van der Waals surface area (Å²) in [4.78, 5) is 43.6. The standard InChI is InChI=1S/C21H19N5O3/c1-13(2)18(26-20(28)16-5-3-4-6-17(16)21(26)29)19(27)24-14-7-9-15(10-8-14)25-12-22-11-23-25/h3-13,18H,1-2H3,(H,24,27). The zero-order valence-electron chi connectivity index (χ0n) is 15.9. The average Bonchev–Trinajstić information content (AvgIpc) is 3.33. The molecule has 1 aliphatic rings. The summed E-state index contributed by atoms with van der Waals surface area (Å²) in [7, 11) is 0. The highest BCUT2D eigenvalue weighted by atomic mass is 16.2. The number of carbonyl (C=O) groups excluding carboxylic acids is 3. The van der Waals surface area contributed by atoms with Crippen LogP contribution in [0.3, 0.4) is 0 Å². The Morgan fingerprint density at radius 2 is 1.59 bits per heavy atom. The molecule has 0 radical (unpaired) electrons. The van der Waals surface area contributed by atoms with Gasteiger partial charge in [0.15, 0.2) is 0 Å².